The summed E-state index contributed by atoms with van der Waals surface area (Å²) in [4.78, 5) is 24.0. The Morgan fingerprint density at radius 3 is 2.59 bits per heavy atom. The maximum absolute atomic E-state index is 12.3. The van der Waals surface area contributed by atoms with Crippen LogP contribution in [0.15, 0.2) is 65.1 Å². The van der Waals surface area contributed by atoms with Crippen LogP contribution in [0.4, 0.5) is 5.69 Å². The van der Waals surface area contributed by atoms with Crippen LogP contribution in [-0.4, -0.2) is 25.6 Å². The van der Waals surface area contributed by atoms with E-state index in [-0.39, 0.29) is 12.5 Å². The van der Waals surface area contributed by atoms with Crippen molar-refractivity contribution in [3.05, 3.63) is 71.8 Å². The van der Waals surface area contributed by atoms with E-state index in [1.807, 2.05) is 43.3 Å². The van der Waals surface area contributed by atoms with Gasteiger partial charge in [0.2, 0.25) is 0 Å². The second kappa shape index (κ2) is 7.67. The van der Waals surface area contributed by atoms with Crippen molar-refractivity contribution in [2.75, 3.05) is 19.0 Å². The zero-order valence-electron chi connectivity index (χ0n) is 16.0. The first-order valence-electron chi connectivity index (χ1n) is 9.08. The molecular formula is C23H19NO5. The zero-order chi connectivity index (χ0) is 20.4. The SMILES string of the molecule is COC(=O)c1ccc(C)c(NC(=O)COc2ccc3oc4ccccc4c3c2)c1. The van der Waals surface area contributed by atoms with Gasteiger partial charge in [0, 0.05) is 16.5 Å². The van der Waals surface area contributed by atoms with Gasteiger partial charge < -0.3 is 19.2 Å². The molecule has 0 aliphatic carbocycles. The van der Waals surface area contributed by atoms with Crippen molar-refractivity contribution in [1.29, 1.82) is 0 Å². The topological polar surface area (TPSA) is 77.8 Å². The molecule has 0 radical (unpaired) electrons. The summed E-state index contributed by atoms with van der Waals surface area (Å²) in [5, 5.41) is 4.70. The number of amides is 1. The van der Waals surface area contributed by atoms with Gasteiger partial charge in [0.1, 0.15) is 16.9 Å². The summed E-state index contributed by atoms with van der Waals surface area (Å²) in [5.41, 5.74) is 3.30. The molecule has 6 nitrogen and oxygen atoms in total. The molecule has 1 amide bonds. The number of ether oxygens (including phenoxy) is 2. The van der Waals surface area contributed by atoms with Crippen molar-refractivity contribution in [2.45, 2.75) is 6.92 Å². The summed E-state index contributed by atoms with van der Waals surface area (Å²) in [6, 6.07) is 18.2. The van der Waals surface area contributed by atoms with Gasteiger partial charge in [-0.2, -0.15) is 0 Å². The normalized spacial score (nSPS) is 10.8. The maximum atomic E-state index is 12.3. The number of furan rings is 1. The first kappa shape index (κ1) is 18.6. The molecule has 0 unspecified atom stereocenters. The van der Waals surface area contributed by atoms with Crippen molar-refractivity contribution in [3.8, 4) is 5.75 Å². The second-order valence-electron chi connectivity index (χ2n) is 6.61. The Balaban J connectivity index is 1.47. The van der Waals surface area contributed by atoms with Gasteiger partial charge in [0.25, 0.3) is 5.91 Å². The molecule has 0 atom stereocenters. The maximum Gasteiger partial charge on any atom is 0.337 e. The molecule has 0 bridgehead atoms. The lowest BCUT2D eigenvalue weighted by Gasteiger charge is -2.11. The third kappa shape index (κ3) is 3.78. The third-order valence-electron chi connectivity index (χ3n) is 4.65. The predicted molar refractivity (Wildman–Crippen MR) is 110 cm³/mol. The molecule has 146 valence electrons. The monoisotopic (exact) mass is 389 g/mol. The molecule has 0 saturated heterocycles. The number of fused-ring (bicyclic) bond motifs is 3. The van der Waals surface area contributed by atoms with E-state index in [1.165, 1.54) is 7.11 Å². The lowest BCUT2D eigenvalue weighted by molar-refractivity contribution is -0.118. The van der Waals surface area contributed by atoms with Crippen LogP contribution in [0.5, 0.6) is 5.75 Å². The van der Waals surface area contributed by atoms with E-state index in [1.54, 1.807) is 24.3 Å². The van der Waals surface area contributed by atoms with E-state index in [9.17, 15) is 9.59 Å². The van der Waals surface area contributed by atoms with Crippen LogP contribution < -0.4 is 10.1 Å². The van der Waals surface area contributed by atoms with E-state index in [0.717, 1.165) is 27.5 Å². The number of anilines is 1. The highest BCUT2D eigenvalue weighted by atomic mass is 16.5. The van der Waals surface area contributed by atoms with Crippen molar-refractivity contribution in [2.24, 2.45) is 0 Å². The number of aryl methyl sites for hydroxylation is 1. The number of esters is 1. The van der Waals surface area contributed by atoms with E-state index in [2.05, 4.69) is 5.32 Å². The van der Waals surface area contributed by atoms with Gasteiger partial charge in [0.05, 0.1) is 12.7 Å². The van der Waals surface area contributed by atoms with E-state index >= 15 is 0 Å². The Morgan fingerprint density at radius 2 is 1.76 bits per heavy atom. The van der Waals surface area contributed by atoms with Crippen LogP contribution in [-0.2, 0) is 9.53 Å². The third-order valence-corrected chi connectivity index (χ3v) is 4.65. The number of methoxy groups -OCH3 is 1. The Kier molecular flexibility index (Phi) is 4.91. The van der Waals surface area contributed by atoms with Crippen molar-refractivity contribution in [1.82, 2.24) is 0 Å². The molecule has 0 fully saturated rings. The van der Waals surface area contributed by atoms with Crippen LogP contribution in [0, 0.1) is 6.92 Å². The summed E-state index contributed by atoms with van der Waals surface area (Å²) in [7, 11) is 1.31. The number of carbonyl (C=O) groups excluding carboxylic acids is 2. The molecule has 3 aromatic carbocycles. The summed E-state index contributed by atoms with van der Waals surface area (Å²) >= 11 is 0. The fraction of sp³-hybridized carbons (Fsp3) is 0.130. The van der Waals surface area contributed by atoms with E-state index in [0.29, 0.717) is 17.0 Å². The lowest BCUT2D eigenvalue weighted by Crippen LogP contribution is -2.21. The first-order valence-corrected chi connectivity index (χ1v) is 9.08. The largest absolute Gasteiger partial charge is 0.484 e. The highest BCUT2D eigenvalue weighted by Crippen LogP contribution is 2.31. The van der Waals surface area contributed by atoms with Gasteiger partial charge in [-0.25, -0.2) is 4.79 Å². The fourth-order valence-corrected chi connectivity index (χ4v) is 3.13. The summed E-state index contributed by atoms with van der Waals surface area (Å²) < 4.78 is 16.2. The van der Waals surface area contributed by atoms with Crippen LogP contribution in [0.3, 0.4) is 0 Å². The lowest BCUT2D eigenvalue weighted by atomic mass is 10.1. The molecule has 0 spiro atoms. The molecule has 1 aromatic heterocycles. The van der Waals surface area contributed by atoms with Crippen molar-refractivity contribution < 1.29 is 23.5 Å². The Morgan fingerprint density at radius 1 is 0.966 bits per heavy atom. The minimum Gasteiger partial charge on any atom is -0.484 e. The van der Waals surface area contributed by atoms with E-state index < -0.39 is 5.97 Å². The number of carbonyl (C=O) groups is 2. The second-order valence-corrected chi connectivity index (χ2v) is 6.61. The number of rotatable bonds is 5. The minimum absolute atomic E-state index is 0.164. The van der Waals surface area contributed by atoms with Crippen LogP contribution >= 0.6 is 0 Å². The van der Waals surface area contributed by atoms with E-state index in [4.69, 9.17) is 13.9 Å². The number of hydrogen-bond donors (Lipinski definition) is 1. The smallest absolute Gasteiger partial charge is 0.337 e. The van der Waals surface area contributed by atoms with Crippen LogP contribution in [0.25, 0.3) is 21.9 Å². The highest BCUT2D eigenvalue weighted by molar-refractivity contribution is 6.05. The van der Waals surface area contributed by atoms with Gasteiger partial charge in [-0.05, 0) is 48.9 Å². The average Bonchev–Trinajstić information content (AvgIpc) is 3.11. The summed E-state index contributed by atoms with van der Waals surface area (Å²) in [6.07, 6.45) is 0. The minimum atomic E-state index is -0.461. The van der Waals surface area contributed by atoms with Gasteiger partial charge in [-0.15, -0.1) is 0 Å². The molecule has 29 heavy (non-hydrogen) atoms. The van der Waals surface area contributed by atoms with Gasteiger partial charge in [-0.3, -0.25) is 4.79 Å². The summed E-state index contributed by atoms with van der Waals surface area (Å²) in [6.45, 7) is 1.68. The number of nitrogens with one attached hydrogen (secondary N) is 1. The zero-order valence-corrected chi connectivity index (χ0v) is 16.0. The molecule has 1 N–H and O–H groups in total. The van der Waals surface area contributed by atoms with Crippen molar-refractivity contribution in [3.63, 3.8) is 0 Å². The Bertz CT molecular complexity index is 1220. The Labute approximate surface area is 167 Å². The number of para-hydroxylation sites is 1. The average molecular weight is 389 g/mol. The van der Waals surface area contributed by atoms with Crippen LogP contribution in [0.2, 0.25) is 0 Å². The molecular weight excluding hydrogens is 370 g/mol. The molecule has 4 rings (SSSR count). The number of hydrogen-bond acceptors (Lipinski definition) is 5. The highest BCUT2D eigenvalue weighted by Gasteiger charge is 2.12. The predicted octanol–water partition coefficient (Wildman–Crippen LogP) is 4.70. The van der Waals surface area contributed by atoms with Crippen molar-refractivity contribution >= 4 is 39.5 Å². The Hall–Kier alpha value is -3.80. The van der Waals surface area contributed by atoms with Gasteiger partial charge in [-0.1, -0.05) is 24.3 Å². The molecule has 1 heterocycles. The van der Waals surface area contributed by atoms with Gasteiger partial charge >= 0.3 is 5.97 Å². The number of benzene rings is 3. The molecule has 6 heteroatoms. The first-order chi connectivity index (χ1) is 14.0. The summed E-state index contributed by atoms with van der Waals surface area (Å²) in [5.74, 6) is -0.219. The standard InChI is InChI=1S/C23H19NO5/c1-14-7-8-15(23(26)27-2)11-19(14)24-22(25)13-28-16-9-10-21-18(12-16)17-5-3-4-6-20(17)29-21/h3-12H,13H2,1-2H3,(H,24,25). The van der Waals surface area contributed by atoms with Gasteiger partial charge in [0.15, 0.2) is 6.61 Å². The molecule has 0 aliphatic rings. The molecule has 0 aliphatic heterocycles. The molecule has 4 aromatic rings. The molecule has 0 saturated carbocycles. The fourth-order valence-electron chi connectivity index (χ4n) is 3.13. The van der Waals surface area contributed by atoms with Crippen LogP contribution in [0.1, 0.15) is 15.9 Å². The quantitative estimate of drug-likeness (QED) is 0.501.